The highest BCUT2D eigenvalue weighted by atomic mass is 32.2. The second-order valence-electron chi connectivity index (χ2n) is 5.89. The largest absolute Gasteiger partial charge is 0.336 e. The van der Waals surface area contributed by atoms with E-state index in [1.54, 1.807) is 0 Å². The van der Waals surface area contributed by atoms with E-state index in [9.17, 15) is 4.79 Å². The van der Waals surface area contributed by atoms with Crippen LogP contribution in [-0.4, -0.2) is 65.6 Å². The van der Waals surface area contributed by atoms with Crippen LogP contribution >= 0.6 is 11.8 Å². The summed E-state index contributed by atoms with van der Waals surface area (Å²) in [5, 5.41) is 3.05. The Morgan fingerprint density at radius 2 is 2.00 bits per heavy atom. The average molecular weight is 285 g/mol. The first-order valence-corrected chi connectivity index (χ1v) is 8.69. The van der Waals surface area contributed by atoms with Crippen molar-refractivity contribution in [3.8, 4) is 0 Å². The number of thioether (sulfide) groups is 1. The van der Waals surface area contributed by atoms with Crippen LogP contribution in [0.4, 0.5) is 4.79 Å². The normalized spacial score (nSPS) is 25.6. The maximum absolute atomic E-state index is 12.3. The molecule has 0 aromatic heterocycles. The summed E-state index contributed by atoms with van der Waals surface area (Å²) in [5.74, 6) is 2.27. The summed E-state index contributed by atoms with van der Waals surface area (Å²) in [4.78, 5) is 16.9. The zero-order valence-electron chi connectivity index (χ0n) is 12.2. The van der Waals surface area contributed by atoms with Gasteiger partial charge >= 0.3 is 6.03 Å². The number of carbonyl (C=O) groups excluding carboxylic acids is 1. The van der Waals surface area contributed by atoms with Crippen LogP contribution in [0, 0.1) is 0 Å². The number of carbonyl (C=O) groups is 1. The van der Waals surface area contributed by atoms with Gasteiger partial charge in [0.05, 0.1) is 6.04 Å². The predicted octanol–water partition coefficient (Wildman–Crippen LogP) is 2.01. The number of nitrogens with one attached hydrogen (secondary N) is 1. The minimum atomic E-state index is 0.127. The van der Waals surface area contributed by atoms with Crippen LogP contribution in [0.15, 0.2) is 0 Å². The standard InChI is InChI=1S/C14H27N3OS/c1-12(2)15-14(18)17-8-5-9-19-11-13(17)10-16-6-3-4-7-16/h12-13H,3-11H2,1-2H3,(H,15,18). The summed E-state index contributed by atoms with van der Waals surface area (Å²) in [6.45, 7) is 8.43. The van der Waals surface area contributed by atoms with Crippen molar-refractivity contribution in [1.82, 2.24) is 15.1 Å². The average Bonchev–Trinajstić information content (AvgIpc) is 2.73. The van der Waals surface area contributed by atoms with Gasteiger partial charge in [0.25, 0.3) is 0 Å². The molecule has 0 aromatic carbocycles. The fourth-order valence-electron chi connectivity index (χ4n) is 2.84. The lowest BCUT2D eigenvalue weighted by molar-refractivity contribution is 0.160. The fraction of sp³-hybridized carbons (Fsp3) is 0.929. The molecule has 110 valence electrons. The van der Waals surface area contributed by atoms with Gasteiger partial charge in [0, 0.05) is 24.9 Å². The topological polar surface area (TPSA) is 35.6 Å². The highest BCUT2D eigenvalue weighted by molar-refractivity contribution is 7.99. The second-order valence-corrected chi connectivity index (χ2v) is 7.04. The zero-order chi connectivity index (χ0) is 13.7. The Kier molecular flexibility index (Phi) is 5.82. The molecule has 0 radical (unpaired) electrons. The molecule has 4 nitrogen and oxygen atoms in total. The highest BCUT2D eigenvalue weighted by Crippen LogP contribution is 2.19. The van der Waals surface area contributed by atoms with Crippen molar-refractivity contribution >= 4 is 17.8 Å². The zero-order valence-corrected chi connectivity index (χ0v) is 13.0. The number of hydrogen-bond donors (Lipinski definition) is 1. The van der Waals surface area contributed by atoms with Gasteiger partial charge in [-0.1, -0.05) is 0 Å². The van der Waals surface area contributed by atoms with E-state index in [-0.39, 0.29) is 12.1 Å². The van der Waals surface area contributed by atoms with Crippen molar-refractivity contribution in [3.63, 3.8) is 0 Å². The maximum Gasteiger partial charge on any atom is 0.317 e. The van der Waals surface area contributed by atoms with Crippen molar-refractivity contribution in [3.05, 3.63) is 0 Å². The summed E-state index contributed by atoms with van der Waals surface area (Å²) < 4.78 is 0. The Morgan fingerprint density at radius 1 is 1.26 bits per heavy atom. The molecule has 5 heteroatoms. The van der Waals surface area contributed by atoms with Crippen molar-refractivity contribution in [2.45, 2.75) is 45.2 Å². The maximum atomic E-state index is 12.3. The summed E-state index contributed by atoms with van der Waals surface area (Å²) >= 11 is 2.00. The van der Waals surface area contributed by atoms with Gasteiger partial charge in [-0.3, -0.25) is 0 Å². The first-order valence-electron chi connectivity index (χ1n) is 7.54. The van der Waals surface area contributed by atoms with Crippen LogP contribution in [0.25, 0.3) is 0 Å². The van der Waals surface area contributed by atoms with Crippen LogP contribution in [-0.2, 0) is 0 Å². The molecule has 2 rings (SSSR count). The lowest BCUT2D eigenvalue weighted by atomic mass is 10.2. The van der Waals surface area contributed by atoms with Gasteiger partial charge < -0.3 is 15.1 Å². The molecule has 0 aromatic rings. The number of nitrogens with zero attached hydrogens (tertiary/aromatic N) is 2. The molecule has 0 aliphatic carbocycles. The van der Waals surface area contributed by atoms with E-state index >= 15 is 0 Å². The minimum absolute atomic E-state index is 0.127. The molecule has 1 N–H and O–H groups in total. The molecule has 2 aliphatic rings. The van der Waals surface area contributed by atoms with E-state index in [2.05, 4.69) is 15.1 Å². The van der Waals surface area contributed by atoms with E-state index in [0.717, 1.165) is 25.3 Å². The van der Waals surface area contributed by atoms with Crippen molar-refractivity contribution in [2.24, 2.45) is 0 Å². The van der Waals surface area contributed by atoms with Crippen LogP contribution in [0.3, 0.4) is 0 Å². The Balaban J connectivity index is 1.95. The molecule has 0 saturated carbocycles. The number of rotatable bonds is 3. The molecule has 0 spiro atoms. The van der Waals surface area contributed by atoms with Crippen LogP contribution < -0.4 is 5.32 Å². The Labute approximate surface area is 121 Å². The third-order valence-corrected chi connectivity index (χ3v) is 4.98. The van der Waals surface area contributed by atoms with E-state index in [4.69, 9.17) is 0 Å². The quantitative estimate of drug-likeness (QED) is 0.861. The smallest absolute Gasteiger partial charge is 0.317 e. The van der Waals surface area contributed by atoms with E-state index in [1.165, 1.54) is 31.7 Å². The van der Waals surface area contributed by atoms with Crippen LogP contribution in [0.2, 0.25) is 0 Å². The molecule has 2 fully saturated rings. The second kappa shape index (κ2) is 7.39. The molecule has 0 bridgehead atoms. The highest BCUT2D eigenvalue weighted by Gasteiger charge is 2.28. The number of hydrogen-bond acceptors (Lipinski definition) is 3. The molecular formula is C14H27N3OS. The minimum Gasteiger partial charge on any atom is -0.336 e. The van der Waals surface area contributed by atoms with Gasteiger partial charge in [0.15, 0.2) is 0 Å². The Hall–Kier alpha value is -0.420. The van der Waals surface area contributed by atoms with Crippen molar-refractivity contribution in [2.75, 3.05) is 37.7 Å². The lowest BCUT2D eigenvalue weighted by Gasteiger charge is -2.33. The third-order valence-electron chi connectivity index (χ3n) is 3.78. The van der Waals surface area contributed by atoms with Crippen molar-refractivity contribution < 1.29 is 4.79 Å². The van der Waals surface area contributed by atoms with E-state index in [0.29, 0.717) is 6.04 Å². The summed E-state index contributed by atoms with van der Waals surface area (Å²) in [6.07, 6.45) is 3.75. The summed E-state index contributed by atoms with van der Waals surface area (Å²) in [5.41, 5.74) is 0. The fourth-order valence-corrected chi connectivity index (χ4v) is 3.90. The monoisotopic (exact) mass is 285 g/mol. The summed E-state index contributed by atoms with van der Waals surface area (Å²) in [7, 11) is 0. The predicted molar refractivity (Wildman–Crippen MR) is 81.8 cm³/mol. The number of likely N-dealkylation sites (tertiary alicyclic amines) is 1. The molecule has 2 saturated heterocycles. The first-order chi connectivity index (χ1) is 9.16. The van der Waals surface area contributed by atoms with E-state index < -0.39 is 0 Å². The number of amides is 2. The number of urea groups is 1. The molecular weight excluding hydrogens is 258 g/mol. The molecule has 2 aliphatic heterocycles. The van der Waals surface area contributed by atoms with Gasteiger partial charge in [-0.25, -0.2) is 4.79 Å². The SMILES string of the molecule is CC(C)NC(=O)N1CCCSCC1CN1CCCC1. The Bertz CT molecular complexity index is 292. The van der Waals surface area contributed by atoms with Gasteiger partial charge in [-0.15, -0.1) is 0 Å². The van der Waals surface area contributed by atoms with Gasteiger partial charge in [-0.2, -0.15) is 11.8 Å². The molecule has 1 atom stereocenters. The van der Waals surface area contributed by atoms with Gasteiger partial charge in [0.1, 0.15) is 0 Å². The lowest BCUT2D eigenvalue weighted by Crippen LogP contribution is -2.52. The van der Waals surface area contributed by atoms with Gasteiger partial charge in [-0.05, 0) is 52.0 Å². The summed E-state index contributed by atoms with van der Waals surface area (Å²) in [6, 6.07) is 0.724. The first kappa shape index (κ1) is 15.0. The molecule has 2 amide bonds. The van der Waals surface area contributed by atoms with Gasteiger partial charge in [0.2, 0.25) is 0 Å². The Morgan fingerprint density at radius 3 is 2.68 bits per heavy atom. The van der Waals surface area contributed by atoms with Crippen LogP contribution in [0.1, 0.15) is 33.1 Å². The van der Waals surface area contributed by atoms with Crippen molar-refractivity contribution in [1.29, 1.82) is 0 Å². The molecule has 19 heavy (non-hydrogen) atoms. The van der Waals surface area contributed by atoms with E-state index in [1.807, 2.05) is 25.6 Å². The van der Waals surface area contributed by atoms with Crippen LogP contribution in [0.5, 0.6) is 0 Å². The molecule has 1 unspecified atom stereocenters. The third kappa shape index (κ3) is 4.56. The molecule has 2 heterocycles.